The molecule has 1 aliphatic rings. The van der Waals surface area contributed by atoms with Crippen LogP contribution in [0.3, 0.4) is 0 Å². The smallest absolute Gasteiger partial charge is 0.0599 e. The summed E-state index contributed by atoms with van der Waals surface area (Å²) < 4.78 is 0. The molecular formula is C17H32O2. The van der Waals surface area contributed by atoms with E-state index >= 15 is 0 Å². The van der Waals surface area contributed by atoms with E-state index in [0.717, 1.165) is 31.6 Å². The quantitative estimate of drug-likeness (QED) is 0.658. The molecule has 1 saturated carbocycles. The van der Waals surface area contributed by atoms with Gasteiger partial charge in [-0.25, -0.2) is 0 Å². The molecule has 112 valence electrons. The molecule has 1 unspecified atom stereocenters. The lowest BCUT2D eigenvalue weighted by Gasteiger charge is -2.38. The summed E-state index contributed by atoms with van der Waals surface area (Å²) >= 11 is 0. The highest BCUT2D eigenvalue weighted by atomic mass is 16.3. The maximum Gasteiger partial charge on any atom is 0.0599 e. The third-order valence-corrected chi connectivity index (χ3v) is 5.10. The maximum absolute atomic E-state index is 10.3. The van der Waals surface area contributed by atoms with Gasteiger partial charge < -0.3 is 10.2 Å². The second kappa shape index (κ2) is 7.44. The molecule has 0 aromatic carbocycles. The van der Waals surface area contributed by atoms with Crippen LogP contribution in [0.25, 0.3) is 0 Å². The van der Waals surface area contributed by atoms with Crippen molar-refractivity contribution in [3.05, 3.63) is 12.7 Å². The molecule has 1 aliphatic carbocycles. The van der Waals surface area contributed by atoms with Crippen LogP contribution in [0.15, 0.2) is 12.7 Å². The topological polar surface area (TPSA) is 40.5 Å². The molecule has 0 bridgehead atoms. The zero-order chi connectivity index (χ0) is 14.5. The first-order valence-corrected chi connectivity index (χ1v) is 7.85. The van der Waals surface area contributed by atoms with Gasteiger partial charge in [-0.15, -0.1) is 6.58 Å². The van der Waals surface area contributed by atoms with Gasteiger partial charge in [0.2, 0.25) is 0 Å². The third-order valence-electron chi connectivity index (χ3n) is 5.10. The van der Waals surface area contributed by atoms with Gasteiger partial charge in [-0.2, -0.15) is 0 Å². The van der Waals surface area contributed by atoms with Crippen molar-refractivity contribution in [3.8, 4) is 0 Å². The number of aliphatic hydroxyl groups excluding tert-OH is 2. The molecule has 2 nitrogen and oxygen atoms in total. The molecule has 0 aromatic heterocycles. The van der Waals surface area contributed by atoms with Crippen molar-refractivity contribution < 1.29 is 10.2 Å². The van der Waals surface area contributed by atoms with Crippen LogP contribution >= 0.6 is 0 Å². The van der Waals surface area contributed by atoms with Gasteiger partial charge in [0, 0.05) is 12.0 Å². The molecule has 0 aromatic rings. The number of hydrogen-bond donors (Lipinski definition) is 2. The minimum absolute atomic E-state index is 0.0903. The number of aliphatic hydroxyl groups is 2. The number of allylic oxidation sites excluding steroid dienone is 1. The third kappa shape index (κ3) is 4.06. The first kappa shape index (κ1) is 16.7. The fraction of sp³-hybridized carbons (Fsp3) is 0.882. The lowest BCUT2D eigenvalue weighted by Crippen LogP contribution is -2.37. The largest absolute Gasteiger partial charge is 0.396 e. The Bertz CT molecular complexity index is 274. The summed E-state index contributed by atoms with van der Waals surface area (Å²) in [4.78, 5) is 0. The fourth-order valence-corrected chi connectivity index (χ4v) is 3.82. The molecule has 0 saturated heterocycles. The monoisotopic (exact) mass is 268 g/mol. The van der Waals surface area contributed by atoms with Crippen molar-refractivity contribution in [1.82, 2.24) is 0 Å². The molecular weight excluding hydrogens is 236 g/mol. The van der Waals surface area contributed by atoms with E-state index in [1.165, 1.54) is 12.8 Å². The van der Waals surface area contributed by atoms with Gasteiger partial charge in [0.1, 0.15) is 0 Å². The molecule has 0 aliphatic heterocycles. The molecule has 0 amide bonds. The average Bonchev–Trinajstić information content (AvgIpc) is 2.62. The van der Waals surface area contributed by atoms with Gasteiger partial charge in [-0.05, 0) is 43.4 Å². The average molecular weight is 268 g/mol. The number of rotatable bonds is 8. The van der Waals surface area contributed by atoms with Crippen molar-refractivity contribution >= 4 is 0 Å². The second-order valence-electron chi connectivity index (χ2n) is 6.97. The lowest BCUT2D eigenvalue weighted by atomic mass is 9.69. The molecule has 4 atom stereocenters. The van der Waals surface area contributed by atoms with Gasteiger partial charge in [-0.1, -0.05) is 39.7 Å². The Kier molecular flexibility index (Phi) is 6.55. The Hall–Kier alpha value is -0.340. The highest BCUT2D eigenvalue weighted by Gasteiger charge is 2.47. The van der Waals surface area contributed by atoms with Crippen LogP contribution in [0.1, 0.15) is 59.3 Å². The van der Waals surface area contributed by atoms with Crippen molar-refractivity contribution in [3.63, 3.8) is 0 Å². The molecule has 0 radical (unpaired) electrons. The van der Waals surface area contributed by atoms with E-state index in [-0.39, 0.29) is 18.1 Å². The summed E-state index contributed by atoms with van der Waals surface area (Å²) in [5.41, 5.74) is -0.0903. The van der Waals surface area contributed by atoms with Crippen molar-refractivity contribution in [2.24, 2.45) is 23.2 Å². The molecule has 19 heavy (non-hydrogen) atoms. The van der Waals surface area contributed by atoms with Crippen molar-refractivity contribution in [1.29, 1.82) is 0 Å². The highest BCUT2D eigenvalue weighted by molar-refractivity contribution is 5.00. The first-order chi connectivity index (χ1) is 8.95. The predicted molar refractivity (Wildman–Crippen MR) is 80.9 cm³/mol. The minimum atomic E-state index is -0.241. The number of hydrogen-bond acceptors (Lipinski definition) is 2. The summed E-state index contributed by atoms with van der Waals surface area (Å²) in [6.07, 6.45) is 7.93. The van der Waals surface area contributed by atoms with Gasteiger partial charge in [0.15, 0.2) is 0 Å². The van der Waals surface area contributed by atoms with E-state index < -0.39 is 0 Å². The van der Waals surface area contributed by atoms with E-state index in [1.54, 1.807) is 0 Å². The first-order valence-electron chi connectivity index (χ1n) is 7.85. The van der Waals surface area contributed by atoms with Crippen molar-refractivity contribution in [2.45, 2.75) is 65.4 Å². The molecule has 2 heteroatoms. The van der Waals surface area contributed by atoms with E-state index in [1.807, 2.05) is 6.08 Å². The molecule has 2 N–H and O–H groups in total. The highest BCUT2D eigenvalue weighted by Crippen LogP contribution is 2.50. The summed E-state index contributed by atoms with van der Waals surface area (Å²) in [6.45, 7) is 10.7. The maximum atomic E-state index is 10.3. The van der Waals surface area contributed by atoms with Crippen LogP contribution in [0.5, 0.6) is 0 Å². The SMILES string of the molecule is C=CC[C@@]1(C)C(O)CC[C@@H]1[C@H](CO)CCCC(C)C. The Balaban J connectivity index is 2.65. The van der Waals surface area contributed by atoms with Crippen LogP contribution in [0, 0.1) is 23.2 Å². The van der Waals surface area contributed by atoms with E-state index in [9.17, 15) is 10.2 Å². The van der Waals surface area contributed by atoms with Gasteiger partial charge in [-0.3, -0.25) is 0 Å². The van der Waals surface area contributed by atoms with Crippen LogP contribution in [0.4, 0.5) is 0 Å². The lowest BCUT2D eigenvalue weighted by molar-refractivity contribution is 0.00897. The summed E-state index contributed by atoms with van der Waals surface area (Å²) in [5.74, 6) is 1.49. The Morgan fingerprint density at radius 3 is 2.53 bits per heavy atom. The van der Waals surface area contributed by atoms with E-state index in [0.29, 0.717) is 11.8 Å². The Morgan fingerprint density at radius 2 is 2.00 bits per heavy atom. The second-order valence-corrected chi connectivity index (χ2v) is 6.97. The molecule has 1 fully saturated rings. The van der Waals surface area contributed by atoms with Crippen LogP contribution in [0.2, 0.25) is 0 Å². The van der Waals surface area contributed by atoms with Gasteiger partial charge >= 0.3 is 0 Å². The minimum Gasteiger partial charge on any atom is -0.396 e. The molecule has 0 spiro atoms. The summed E-state index contributed by atoms with van der Waals surface area (Å²) in [6, 6.07) is 0. The fourth-order valence-electron chi connectivity index (χ4n) is 3.82. The van der Waals surface area contributed by atoms with E-state index in [2.05, 4.69) is 27.4 Å². The summed E-state index contributed by atoms with van der Waals surface area (Å²) in [5, 5.41) is 20.0. The summed E-state index contributed by atoms with van der Waals surface area (Å²) in [7, 11) is 0. The van der Waals surface area contributed by atoms with Crippen molar-refractivity contribution in [2.75, 3.05) is 6.61 Å². The normalized spacial score (nSPS) is 32.7. The Labute approximate surface area is 118 Å². The standard InChI is InChI=1S/C17H32O2/c1-5-11-17(4)15(9-10-16(17)19)14(12-18)8-6-7-13(2)3/h5,13-16,18-19H,1,6-12H2,2-4H3/t14-,15+,16?,17+/m0/s1. The van der Waals surface area contributed by atoms with Crippen LogP contribution < -0.4 is 0 Å². The molecule has 1 rings (SSSR count). The Morgan fingerprint density at radius 1 is 1.32 bits per heavy atom. The zero-order valence-corrected chi connectivity index (χ0v) is 12.9. The molecule has 0 heterocycles. The van der Waals surface area contributed by atoms with Gasteiger partial charge in [0.25, 0.3) is 0 Å². The van der Waals surface area contributed by atoms with Crippen LogP contribution in [-0.2, 0) is 0 Å². The van der Waals surface area contributed by atoms with E-state index in [4.69, 9.17) is 0 Å². The zero-order valence-electron chi connectivity index (χ0n) is 12.9. The van der Waals surface area contributed by atoms with Crippen LogP contribution in [-0.4, -0.2) is 22.9 Å². The predicted octanol–water partition coefficient (Wildman–Crippen LogP) is 3.77. The van der Waals surface area contributed by atoms with Gasteiger partial charge in [0.05, 0.1) is 6.10 Å².